The van der Waals surface area contributed by atoms with Gasteiger partial charge in [0, 0.05) is 18.3 Å². The fourth-order valence-corrected chi connectivity index (χ4v) is 0.667. The maximum Gasteiger partial charge on any atom is 0.137 e. The van der Waals surface area contributed by atoms with E-state index in [1.807, 2.05) is 34.6 Å². The first kappa shape index (κ1) is 14.8. The SMILES string of the molecule is CC(C)C(=O)C(C)C.CCC(C)=O. The van der Waals surface area contributed by atoms with Gasteiger partial charge in [-0.15, -0.1) is 0 Å². The molecule has 0 heterocycles. The molecule has 0 aliphatic heterocycles. The Labute approximate surface area is 81.7 Å². The molecule has 0 bridgehead atoms. The van der Waals surface area contributed by atoms with E-state index in [0.717, 1.165) is 0 Å². The zero-order chi connectivity index (χ0) is 11.0. The summed E-state index contributed by atoms with van der Waals surface area (Å²) in [6, 6.07) is 0. The fourth-order valence-electron chi connectivity index (χ4n) is 0.667. The molecule has 0 saturated heterocycles. The zero-order valence-electron chi connectivity index (χ0n) is 9.68. The average Bonchev–Trinajstić information content (AvgIpc) is 2.03. The van der Waals surface area contributed by atoms with Crippen molar-refractivity contribution in [2.24, 2.45) is 11.8 Å². The van der Waals surface area contributed by atoms with Gasteiger partial charge in [-0.05, 0) is 6.92 Å². The van der Waals surface area contributed by atoms with E-state index in [0.29, 0.717) is 12.2 Å². The Bertz CT molecular complexity index is 147. The molecule has 2 heteroatoms. The summed E-state index contributed by atoms with van der Waals surface area (Å²) in [4.78, 5) is 20.7. The van der Waals surface area contributed by atoms with Crippen molar-refractivity contribution in [3.05, 3.63) is 0 Å². The Kier molecular flexibility index (Phi) is 9.09. The molecule has 0 aromatic rings. The fraction of sp³-hybridized carbons (Fsp3) is 0.818. The second kappa shape index (κ2) is 7.96. The van der Waals surface area contributed by atoms with Gasteiger partial charge < -0.3 is 4.79 Å². The lowest BCUT2D eigenvalue weighted by Gasteiger charge is -2.05. The third kappa shape index (κ3) is 11.3. The molecule has 13 heavy (non-hydrogen) atoms. The molecule has 0 unspecified atom stereocenters. The van der Waals surface area contributed by atoms with Crippen LogP contribution in [-0.4, -0.2) is 11.6 Å². The molecular weight excluding hydrogens is 164 g/mol. The molecule has 0 amide bonds. The van der Waals surface area contributed by atoms with Crippen molar-refractivity contribution in [3.63, 3.8) is 0 Å². The molecule has 0 aromatic heterocycles. The molecule has 0 saturated carbocycles. The minimum atomic E-state index is 0.204. The number of ketones is 2. The molecule has 0 atom stereocenters. The van der Waals surface area contributed by atoms with Gasteiger partial charge in [0.1, 0.15) is 11.6 Å². The summed E-state index contributed by atoms with van der Waals surface area (Å²) in [6.07, 6.45) is 0.667. The summed E-state index contributed by atoms with van der Waals surface area (Å²) in [5, 5.41) is 0. The molecule has 0 spiro atoms. The minimum absolute atomic E-state index is 0.204. The highest BCUT2D eigenvalue weighted by Gasteiger charge is 2.09. The van der Waals surface area contributed by atoms with Crippen LogP contribution in [0.1, 0.15) is 48.0 Å². The van der Waals surface area contributed by atoms with Crippen molar-refractivity contribution in [2.75, 3.05) is 0 Å². The Balaban J connectivity index is 0. The summed E-state index contributed by atoms with van der Waals surface area (Å²) in [5.41, 5.74) is 0. The van der Waals surface area contributed by atoms with Crippen LogP contribution in [0.4, 0.5) is 0 Å². The van der Waals surface area contributed by atoms with Gasteiger partial charge in [-0.3, -0.25) is 4.79 Å². The Morgan fingerprint density at radius 2 is 1.23 bits per heavy atom. The van der Waals surface area contributed by atoms with Crippen LogP contribution in [0.15, 0.2) is 0 Å². The van der Waals surface area contributed by atoms with Crippen molar-refractivity contribution in [1.29, 1.82) is 0 Å². The highest BCUT2D eigenvalue weighted by Crippen LogP contribution is 2.03. The van der Waals surface area contributed by atoms with Crippen LogP contribution < -0.4 is 0 Å². The van der Waals surface area contributed by atoms with Gasteiger partial charge in [-0.25, -0.2) is 0 Å². The first-order valence-electron chi connectivity index (χ1n) is 4.86. The Hall–Kier alpha value is -0.660. The van der Waals surface area contributed by atoms with Crippen LogP contribution in [0, 0.1) is 11.8 Å². The molecule has 0 rings (SSSR count). The summed E-state index contributed by atoms with van der Waals surface area (Å²) >= 11 is 0. The molecule has 0 radical (unpaired) electrons. The van der Waals surface area contributed by atoms with Crippen LogP contribution in [0.5, 0.6) is 0 Å². The zero-order valence-corrected chi connectivity index (χ0v) is 9.68. The molecule has 78 valence electrons. The topological polar surface area (TPSA) is 34.1 Å². The molecule has 0 N–H and O–H groups in total. The Morgan fingerprint density at radius 3 is 1.23 bits per heavy atom. The van der Waals surface area contributed by atoms with Gasteiger partial charge in [-0.1, -0.05) is 34.6 Å². The summed E-state index contributed by atoms with van der Waals surface area (Å²) in [7, 11) is 0. The normalized spacial score (nSPS) is 9.54. The smallest absolute Gasteiger partial charge is 0.137 e. The van der Waals surface area contributed by atoms with Crippen LogP contribution >= 0.6 is 0 Å². The number of carbonyl (C=O) groups excluding carboxylic acids is 2. The minimum Gasteiger partial charge on any atom is -0.300 e. The third-order valence-electron chi connectivity index (χ3n) is 1.64. The predicted molar refractivity (Wildman–Crippen MR) is 55.7 cm³/mol. The number of rotatable bonds is 3. The van der Waals surface area contributed by atoms with Crippen molar-refractivity contribution >= 4 is 11.6 Å². The summed E-state index contributed by atoms with van der Waals surface area (Å²) in [6.45, 7) is 11.2. The van der Waals surface area contributed by atoms with Gasteiger partial charge in [0.15, 0.2) is 0 Å². The van der Waals surface area contributed by atoms with E-state index in [1.54, 1.807) is 6.92 Å². The number of hydrogen-bond donors (Lipinski definition) is 0. The van der Waals surface area contributed by atoms with Crippen LogP contribution in [0.3, 0.4) is 0 Å². The largest absolute Gasteiger partial charge is 0.300 e. The lowest BCUT2D eigenvalue weighted by atomic mass is 9.99. The van der Waals surface area contributed by atoms with Crippen LogP contribution in [-0.2, 0) is 9.59 Å². The molecule has 2 nitrogen and oxygen atoms in total. The van der Waals surface area contributed by atoms with E-state index in [4.69, 9.17) is 0 Å². The first-order valence-corrected chi connectivity index (χ1v) is 4.86. The summed E-state index contributed by atoms with van der Waals surface area (Å²) in [5.74, 6) is 1.01. The van der Waals surface area contributed by atoms with Gasteiger partial charge in [0.25, 0.3) is 0 Å². The van der Waals surface area contributed by atoms with Gasteiger partial charge >= 0.3 is 0 Å². The average molecular weight is 186 g/mol. The van der Waals surface area contributed by atoms with Crippen LogP contribution in [0.2, 0.25) is 0 Å². The first-order chi connectivity index (χ1) is 5.82. The predicted octanol–water partition coefficient (Wildman–Crippen LogP) is 2.85. The summed E-state index contributed by atoms with van der Waals surface area (Å²) < 4.78 is 0. The number of Topliss-reactive ketones (excluding diaryl/α,β-unsaturated/α-hetero) is 2. The maximum absolute atomic E-state index is 10.8. The van der Waals surface area contributed by atoms with Crippen LogP contribution in [0.25, 0.3) is 0 Å². The van der Waals surface area contributed by atoms with E-state index >= 15 is 0 Å². The lowest BCUT2D eigenvalue weighted by Crippen LogP contribution is -2.13. The molecule has 0 aliphatic rings. The number of carbonyl (C=O) groups is 2. The van der Waals surface area contributed by atoms with Gasteiger partial charge in [-0.2, -0.15) is 0 Å². The van der Waals surface area contributed by atoms with Crippen molar-refractivity contribution in [3.8, 4) is 0 Å². The van der Waals surface area contributed by atoms with E-state index in [1.165, 1.54) is 0 Å². The third-order valence-corrected chi connectivity index (χ3v) is 1.64. The quantitative estimate of drug-likeness (QED) is 0.679. The van der Waals surface area contributed by atoms with E-state index in [9.17, 15) is 9.59 Å². The molecule has 0 fully saturated rings. The lowest BCUT2D eigenvalue weighted by molar-refractivity contribution is -0.124. The van der Waals surface area contributed by atoms with E-state index in [2.05, 4.69) is 0 Å². The molecule has 0 aliphatic carbocycles. The second-order valence-corrected chi connectivity index (χ2v) is 3.77. The number of hydrogen-bond acceptors (Lipinski definition) is 2. The van der Waals surface area contributed by atoms with Crippen molar-refractivity contribution in [2.45, 2.75) is 48.0 Å². The Morgan fingerprint density at radius 1 is 1.00 bits per heavy atom. The highest BCUT2D eigenvalue weighted by molar-refractivity contribution is 5.81. The highest BCUT2D eigenvalue weighted by atomic mass is 16.1. The van der Waals surface area contributed by atoms with E-state index in [-0.39, 0.29) is 17.6 Å². The van der Waals surface area contributed by atoms with Crippen molar-refractivity contribution < 1.29 is 9.59 Å². The second-order valence-electron chi connectivity index (χ2n) is 3.77. The van der Waals surface area contributed by atoms with E-state index < -0.39 is 0 Å². The monoisotopic (exact) mass is 186 g/mol. The molecular formula is C11H22O2. The maximum atomic E-state index is 10.8. The van der Waals surface area contributed by atoms with Crippen molar-refractivity contribution in [1.82, 2.24) is 0 Å². The van der Waals surface area contributed by atoms with Gasteiger partial charge in [0.2, 0.25) is 0 Å². The standard InChI is InChI=1S/C7H14O.C4H8O/c1-5(2)7(8)6(3)4;1-3-4(2)5/h5-6H,1-4H3;3H2,1-2H3. The molecule has 0 aromatic carbocycles. The van der Waals surface area contributed by atoms with Gasteiger partial charge in [0.05, 0.1) is 0 Å².